The van der Waals surface area contributed by atoms with Crippen LogP contribution in [-0.2, 0) is 18.0 Å². The molecule has 27 heavy (non-hydrogen) atoms. The zero-order chi connectivity index (χ0) is 20.1. The molecule has 2 aromatic carbocycles. The van der Waals surface area contributed by atoms with Gasteiger partial charge in [0, 0.05) is 11.1 Å². The lowest BCUT2D eigenvalue weighted by atomic mass is 9.94. The van der Waals surface area contributed by atoms with Crippen LogP contribution in [0.15, 0.2) is 22.4 Å². The first-order valence-corrected chi connectivity index (χ1v) is 8.93. The highest BCUT2D eigenvalue weighted by atomic mass is 16.5. The van der Waals surface area contributed by atoms with Gasteiger partial charge in [-0.25, -0.2) is 0 Å². The fraction of sp³-hybridized carbons (Fsp3) is 0.364. The van der Waals surface area contributed by atoms with Crippen molar-refractivity contribution in [1.29, 1.82) is 0 Å². The van der Waals surface area contributed by atoms with E-state index in [4.69, 9.17) is 15.2 Å². The SMILES string of the molecule is Cc1cc(C)c(COCc2c(C)cc(C)c(C=NO)c2C)c(C)c1C=NO. The lowest BCUT2D eigenvalue weighted by Crippen LogP contribution is -2.07. The Morgan fingerprint density at radius 2 is 1.07 bits per heavy atom. The van der Waals surface area contributed by atoms with E-state index < -0.39 is 0 Å². The van der Waals surface area contributed by atoms with Gasteiger partial charge in [-0.1, -0.05) is 22.4 Å². The van der Waals surface area contributed by atoms with Gasteiger partial charge in [0.25, 0.3) is 0 Å². The van der Waals surface area contributed by atoms with Gasteiger partial charge in [0.15, 0.2) is 0 Å². The molecular weight excluding hydrogens is 340 g/mol. The minimum absolute atomic E-state index is 0.473. The van der Waals surface area contributed by atoms with Gasteiger partial charge in [-0.2, -0.15) is 0 Å². The van der Waals surface area contributed by atoms with Crippen LogP contribution in [0, 0.1) is 41.5 Å². The highest BCUT2D eigenvalue weighted by Gasteiger charge is 2.13. The van der Waals surface area contributed by atoms with Crippen LogP contribution in [0.25, 0.3) is 0 Å². The summed E-state index contributed by atoms with van der Waals surface area (Å²) in [6, 6.07) is 4.17. The topological polar surface area (TPSA) is 74.4 Å². The smallest absolute Gasteiger partial charge is 0.0739 e. The first-order chi connectivity index (χ1) is 12.8. The summed E-state index contributed by atoms with van der Waals surface area (Å²) in [4.78, 5) is 0. The lowest BCUT2D eigenvalue weighted by molar-refractivity contribution is 0.105. The van der Waals surface area contributed by atoms with Crippen LogP contribution >= 0.6 is 0 Å². The summed E-state index contributed by atoms with van der Waals surface area (Å²) in [7, 11) is 0. The molecule has 2 aromatic rings. The van der Waals surface area contributed by atoms with E-state index in [1.54, 1.807) is 0 Å². The predicted octanol–water partition coefficient (Wildman–Crippen LogP) is 4.87. The monoisotopic (exact) mass is 368 g/mol. The average Bonchev–Trinajstić information content (AvgIpc) is 2.60. The summed E-state index contributed by atoms with van der Waals surface area (Å²) in [5, 5.41) is 24.2. The van der Waals surface area contributed by atoms with E-state index in [1.807, 2.05) is 27.7 Å². The van der Waals surface area contributed by atoms with Crippen molar-refractivity contribution >= 4 is 12.4 Å². The summed E-state index contributed by atoms with van der Waals surface area (Å²) >= 11 is 0. The molecule has 0 aromatic heterocycles. The number of hydrogen-bond acceptors (Lipinski definition) is 5. The average molecular weight is 368 g/mol. The van der Waals surface area contributed by atoms with Crippen LogP contribution in [0.2, 0.25) is 0 Å². The zero-order valence-corrected chi connectivity index (χ0v) is 16.9. The van der Waals surface area contributed by atoms with E-state index in [-0.39, 0.29) is 0 Å². The van der Waals surface area contributed by atoms with Crippen LogP contribution in [-0.4, -0.2) is 22.8 Å². The van der Waals surface area contributed by atoms with E-state index in [2.05, 4.69) is 36.3 Å². The van der Waals surface area contributed by atoms with Crippen LogP contribution in [0.3, 0.4) is 0 Å². The Morgan fingerprint density at radius 3 is 1.41 bits per heavy atom. The molecule has 0 aliphatic rings. The molecule has 0 atom stereocenters. The predicted molar refractivity (Wildman–Crippen MR) is 109 cm³/mol. The standard InChI is InChI=1S/C22H28N2O3/c1-13-7-15(3)21(17(5)19(13)9-23-25)11-27-12-22-16(4)8-14(2)20(10-24-26)18(22)6/h7-10,25-26H,11-12H2,1-6H3. The highest BCUT2D eigenvalue weighted by Crippen LogP contribution is 2.25. The van der Waals surface area contributed by atoms with Crippen molar-refractivity contribution < 1.29 is 15.2 Å². The molecule has 0 amide bonds. The molecule has 0 aliphatic carbocycles. The second-order valence-corrected chi connectivity index (χ2v) is 7.04. The molecule has 0 saturated carbocycles. The summed E-state index contributed by atoms with van der Waals surface area (Å²) in [5.74, 6) is 0. The Labute approximate surface area is 161 Å². The molecule has 5 nitrogen and oxygen atoms in total. The number of rotatable bonds is 6. The first kappa shape index (κ1) is 20.6. The minimum Gasteiger partial charge on any atom is -0.411 e. The van der Waals surface area contributed by atoms with Crippen molar-refractivity contribution in [3.8, 4) is 0 Å². The third-order valence-corrected chi connectivity index (χ3v) is 5.25. The Kier molecular flexibility index (Phi) is 6.75. The molecule has 0 fully saturated rings. The van der Waals surface area contributed by atoms with Crippen molar-refractivity contribution in [3.63, 3.8) is 0 Å². The normalized spacial score (nSPS) is 11.8. The van der Waals surface area contributed by atoms with Gasteiger partial charge in [0.2, 0.25) is 0 Å². The van der Waals surface area contributed by atoms with E-state index in [0.29, 0.717) is 13.2 Å². The maximum Gasteiger partial charge on any atom is 0.0739 e. The van der Waals surface area contributed by atoms with Crippen LogP contribution in [0.1, 0.15) is 55.6 Å². The van der Waals surface area contributed by atoms with Gasteiger partial charge in [-0.05, 0) is 86.1 Å². The lowest BCUT2D eigenvalue weighted by Gasteiger charge is -2.18. The molecule has 0 aliphatic heterocycles. The fourth-order valence-corrected chi connectivity index (χ4v) is 3.70. The van der Waals surface area contributed by atoms with Gasteiger partial charge in [0.1, 0.15) is 0 Å². The van der Waals surface area contributed by atoms with Crippen molar-refractivity contribution in [1.82, 2.24) is 0 Å². The Morgan fingerprint density at radius 1 is 0.704 bits per heavy atom. The highest BCUT2D eigenvalue weighted by molar-refractivity contribution is 5.84. The number of hydrogen-bond donors (Lipinski definition) is 2. The van der Waals surface area contributed by atoms with Crippen molar-refractivity contribution in [2.24, 2.45) is 10.3 Å². The van der Waals surface area contributed by atoms with E-state index >= 15 is 0 Å². The van der Waals surface area contributed by atoms with Gasteiger partial charge in [-0.15, -0.1) is 0 Å². The van der Waals surface area contributed by atoms with Crippen molar-refractivity contribution in [2.45, 2.75) is 54.8 Å². The fourth-order valence-electron chi connectivity index (χ4n) is 3.70. The zero-order valence-electron chi connectivity index (χ0n) is 16.9. The molecule has 5 heteroatoms. The summed E-state index contributed by atoms with van der Waals surface area (Å²) in [5.41, 5.74) is 10.7. The number of nitrogens with zero attached hydrogens (tertiary/aromatic N) is 2. The van der Waals surface area contributed by atoms with Crippen molar-refractivity contribution in [2.75, 3.05) is 0 Å². The van der Waals surface area contributed by atoms with E-state index in [9.17, 15) is 0 Å². The molecule has 0 spiro atoms. The van der Waals surface area contributed by atoms with Gasteiger partial charge in [0.05, 0.1) is 25.6 Å². The first-order valence-electron chi connectivity index (χ1n) is 8.93. The Hall–Kier alpha value is -2.66. The number of oxime groups is 2. The molecule has 144 valence electrons. The van der Waals surface area contributed by atoms with E-state index in [1.165, 1.54) is 12.4 Å². The molecule has 0 radical (unpaired) electrons. The second-order valence-electron chi connectivity index (χ2n) is 7.04. The summed E-state index contributed by atoms with van der Waals surface area (Å²) in [6.07, 6.45) is 2.95. The number of ether oxygens (including phenoxy) is 1. The molecule has 0 saturated heterocycles. The molecule has 0 heterocycles. The molecular formula is C22H28N2O3. The van der Waals surface area contributed by atoms with Crippen LogP contribution < -0.4 is 0 Å². The minimum atomic E-state index is 0.473. The number of aryl methyl sites for hydroxylation is 4. The third kappa shape index (κ3) is 4.37. The Bertz CT molecular complexity index is 826. The summed E-state index contributed by atoms with van der Waals surface area (Å²) < 4.78 is 6.06. The number of benzene rings is 2. The quantitative estimate of drug-likeness (QED) is 0.434. The van der Waals surface area contributed by atoms with Gasteiger partial charge < -0.3 is 15.2 Å². The van der Waals surface area contributed by atoms with Crippen LogP contribution in [0.4, 0.5) is 0 Å². The maximum atomic E-state index is 8.92. The maximum absolute atomic E-state index is 8.92. The summed E-state index contributed by atoms with van der Waals surface area (Å²) in [6.45, 7) is 13.1. The largest absolute Gasteiger partial charge is 0.411 e. The third-order valence-electron chi connectivity index (χ3n) is 5.25. The Balaban J connectivity index is 2.28. The van der Waals surface area contributed by atoms with Gasteiger partial charge >= 0.3 is 0 Å². The molecule has 2 rings (SSSR count). The molecule has 0 unspecified atom stereocenters. The van der Waals surface area contributed by atoms with Crippen LogP contribution in [0.5, 0.6) is 0 Å². The molecule has 2 N–H and O–H groups in total. The molecule has 0 bridgehead atoms. The van der Waals surface area contributed by atoms with Gasteiger partial charge in [-0.3, -0.25) is 0 Å². The second kappa shape index (κ2) is 8.82. The van der Waals surface area contributed by atoms with Crippen molar-refractivity contribution in [3.05, 3.63) is 67.8 Å². The van der Waals surface area contributed by atoms with E-state index in [0.717, 1.165) is 55.6 Å².